The summed E-state index contributed by atoms with van der Waals surface area (Å²) < 4.78 is 51.6. The van der Waals surface area contributed by atoms with Crippen LogP contribution in [0.15, 0.2) is 52.8 Å². The second-order valence-electron chi connectivity index (χ2n) is 10.8. The summed E-state index contributed by atoms with van der Waals surface area (Å²) in [6.07, 6.45) is -3.07. The molecule has 0 unspecified atom stereocenters. The number of alkyl halides is 3. The summed E-state index contributed by atoms with van der Waals surface area (Å²) in [5.74, 6) is 0.717. The average molecular weight is 669 g/mol. The van der Waals surface area contributed by atoms with Crippen molar-refractivity contribution in [3.05, 3.63) is 80.3 Å². The lowest BCUT2D eigenvalue weighted by Crippen LogP contribution is -2.48. The molecule has 1 aliphatic rings. The number of ether oxygens (including phenoxy) is 1. The van der Waals surface area contributed by atoms with Gasteiger partial charge in [-0.25, -0.2) is 4.98 Å². The lowest BCUT2D eigenvalue weighted by Gasteiger charge is -2.37. The van der Waals surface area contributed by atoms with Crippen molar-refractivity contribution in [1.82, 2.24) is 19.4 Å². The van der Waals surface area contributed by atoms with Gasteiger partial charge in [0.05, 0.1) is 51.1 Å². The van der Waals surface area contributed by atoms with Gasteiger partial charge in [-0.2, -0.15) is 18.4 Å². The fourth-order valence-electron chi connectivity index (χ4n) is 5.90. The molecule has 0 bridgehead atoms. The Morgan fingerprint density at radius 2 is 1.87 bits per heavy atom. The predicted octanol–water partition coefficient (Wildman–Crippen LogP) is 5.72. The lowest BCUT2D eigenvalue weighted by atomic mass is 10.00. The number of rotatable bonds is 8. The summed E-state index contributed by atoms with van der Waals surface area (Å²) in [5, 5.41) is 21.8. The lowest BCUT2D eigenvalue weighted by molar-refractivity contribution is -0.137. The van der Waals surface area contributed by atoms with Crippen LogP contribution < -0.4 is 15.2 Å². The highest BCUT2D eigenvalue weighted by Gasteiger charge is 2.39. The number of nitrogens with zero attached hydrogens (tertiary/aromatic N) is 6. The molecule has 1 saturated heterocycles. The summed E-state index contributed by atoms with van der Waals surface area (Å²) >= 11 is 7.88. The van der Waals surface area contributed by atoms with Crippen molar-refractivity contribution in [2.45, 2.75) is 19.6 Å². The van der Waals surface area contributed by atoms with Gasteiger partial charge < -0.3 is 14.7 Å². The van der Waals surface area contributed by atoms with Gasteiger partial charge in [-0.3, -0.25) is 19.2 Å². The Kier molecular flexibility index (Phi) is 8.89. The Morgan fingerprint density at radius 3 is 2.59 bits per heavy atom. The van der Waals surface area contributed by atoms with Crippen LogP contribution in [0.5, 0.6) is 5.75 Å². The molecule has 0 amide bonds. The van der Waals surface area contributed by atoms with Crippen molar-refractivity contribution in [3.8, 4) is 22.9 Å². The van der Waals surface area contributed by atoms with Crippen LogP contribution in [0.1, 0.15) is 17.0 Å². The number of β-amino-alcohol motifs (C(OH)–C–C–N with tert-alkyl or cyclic N) is 1. The van der Waals surface area contributed by atoms with Crippen LogP contribution in [-0.2, 0) is 12.7 Å². The van der Waals surface area contributed by atoms with Crippen molar-refractivity contribution >= 4 is 49.7 Å². The molecular formula is C32H28ClF3N6O3S. The second-order valence-corrected chi connectivity index (χ2v) is 12.2. The van der Waals surface area contributed by atoms with E-state index in [0.717, 1.165) is 27.4 Å². The molecule has 0 aliphatic carbocycles. The summed E-state index contributed by atoms with van der Waals surface area (Å²) in [6.45, 7) is 3.13. The fraction of sp³-hybridized carbons (Fsp3) is 0.312. The number of benzene rings is 2. The van der Waals surface area contributed by atoms with E-state index in [1.165, 1.54) is 16.4 Å². The number of aromatic nitrogens is 3. The minimum atomic E-state index is -4.78. The van der Waals surface area contributed by atoms with Gasteiger partial charge >= 0.3 is 6.18 Å². The molecule has 6 rings (SSSR count). The summed E-state index contributed by atoms with van der Waals surface area (Å²) in [5.41, 5.74) is -0.0200. The van der Waals surface area contributed by atoms with Crippen LogP contribution in [0.25, 0.3) is 32.2 Å². The molecule has 1 fully saturated rings. The number of hydrogen-bond acceptors (Lipinski definition) is 9. The largest absolute Gasteiger partial charge is 0.491 e. The number of aryl methyl sites for hydroxylation is 1. The summed E-state index contributed by atoms with van der Waals surface area (Å²) in [7, 11) is 0. The van der Waals surface area contributed by atoms with Crippen LogP contribution in [0, 0.1) is 18.3 Å². The number of halogens is 4. The van der Waals surface area contributed by atoms with E-state index in [1.54, 1.807) is 35.7 Å². The summed E-state index contributed by atoms with van der Waals surface area (Å²) in [4.78, 5) is 26.1. The normalized spacial score (nSPS) is 14.2. The zero-order valence-electron chi connectivity index (χ0n) is 24.6. The molecule has 1 aliphatic heterocycles. The number of piperazine rings is 1. The maximum absolute atomic E-state index is 14.4. The van der Waals surface area contributed by atoms with Gasteiger partial charge in [-0.15, -0.1) is 11.3 Å². The monoisotopic (exact) mass is 668 g/mol. The maximum Gasteiger partial charge on any atom is 0.418 e. The SMILES string of the molecule is Cc1nc2cc(C(F)(F)F)c(N3CCN(CCO)CC3)c(C#N)c2c(=O)n1CCOc1ccc(Cl)cc1-c1ccnc2ccsc12. The standard InChI is InChI=1S/C32H28ClF3N6O3S/c1-19-39-26-17-24(32(34,35)36)29(41-9-7-40(8-10-41)11-13-43)23(18-37)28(26)31(44)42(19)12-14-45-27-3-2-20(33)16-22(27)21-4-6-38-25-5-15-46-30(21)25/h2-6,15-17,43H,7-14H2,1H3. The van der Waals surface area contributed by atoms with Crippen molar-refractivity contribution in [2.75, 3.05) is 50.8 Å². The first-order valence-corrected chi connectivity index (χ1v) is 15.7. The van der Waals surface area contributed by atoms with Crippen molar-refractivity contribution in [3.63, 3.8) is 0 Å². The molecular weight excluding hydrogens is 641 g/mol. The average Bonchev–Trinajstić information content (AvgIpc) is 3.52. The molecule has 0 atom stereocenters. The third-order valence-corrected chi connectivity index (χ3v) is 9.25. The van der Waals surface area contributed by atoms with Gasteiger partial charge in [0.15, 0.2) is 0 Å². The quantitative estimate of drug-likeness (QED) is 0.224. The fourth-order valence-corrected chi connectivity index (χ4v) is 6.96. The van der Waals surface area contributed by atoms with Crippen LogP contribution in [0.4, 0.5) is 18.9 Å². The third-order valence-electron chi connectivity index (χ3n) is 8.08. The number of anilines is 1. The molecule has 238 valence electrons. The van der Waals surface area contributed by atoms with E-state index in [9.17, 15) is 28.3 Å². The highest BCUT2D eigenvalue weighted by Crippen LogP contribution is 2.42. The molecule has 14 heteroatoms. The smallest absolute Gasteiger partial charge is 0.418 e. The van der Waals surface area contributed by atoms with Crippen molar-refractivity contribution < 1.29 is 23.0 Å². The highest BCUT2D eigenvalue weighted by atomic mass is 35.5. The van der Waals surface area contributed by atoms with E-state index < -0.39 is 17.3 Å². The molecule has 0 saturated carbocycles. The van der Waals surface area contributed by atoms with Crippen molar-refractivity contribution in [1.29, 1.82) is 5.26 Å². The van der Waals surface area contributed by atoms with E-state index in [-0.39, 0.29) is 60.8 Å². The summed E-state index contributed by atoms with van der Waals surface area (Å²) in [6, 6.07) is 11.8. The topological polar surface area (TPSA) is 108 Å². The molecule has 5 aromatic rings. The Bertz CT molecular complexity index is 2030. The third kappa shape index (κ3) is 6.01. The first-order valence-electron chi connectivity index (χ1n) is 14.5. The van der Waals surface area contributed by atoms with E-state index in [2.05, 4.69) is 9.97 Å². The molecule has 3 aromatic heterocycles. The molecule has 9 nitrogen and oxygen atoms in total. The number of pyridine rings is 1. The number of thiophene rings is 1. The van der Waals surface area contributed by atoms with E-state index in [0.29, 0.717) is 30.4 Å². The minimum absolute atomic E-state index is 0.0293. The first kappa shape index (κ1) is 31.7. The molecule has 4 heterocycles. The van der Waals surface area contributed by atoms with Crippen molar-refractivity contribution in [2.24, 2.45) is 0 Å². The van der Waals surface area contributed by atoms with Gasteiger partial charge in [0, 0.05) is 55.1 Å². The zero-order valence-corrected chi connectivity index (χ0v) is 26.2. The van der Waals surface area contributed by atoms with Gasteiger partial charge in [0.1, 0.15) is 24.3 Å². The van der Waals surface area contributed by atoms with E-state index >= 15 is 0 Å². The highest BCUT2D eigenvalue weighted by molar-refractivity contribution is 7.17. The van der Waals surface area contributed by atoms with E-state index in [4.69, 9.17) is 16.3 Å². The van der Waals surface area contributed by atoms with Crippen LogP contribution in [0.3, 0.4) is 0 Å². The van der Waals surface area contributed by atoms with Gasteiger partial charge in [0.2, 0.25) is 0 Å². The zero-order chi connectivity index (χ0) is 32.6. The minimum Gasteiger partial charge on any atom is -0.491 e. The number of hydrogen-bond donors (Lipinski definition) is 1. The second kappa shape index (κ2) is 12.9. The number of fused-ring (bicyclic) bond motifs is 2. The van der Waals surface area contributed by atoms with Crippen LogP contribution >= 0.6 is 22.9 Å². The Labute approximate surface area is 270 Å². The Hall–Kier alpha value is -4.22. The number of nitriles is 1. The van der Waals surface area contributed by atoms with Gasteiger partial charge in [-0.05, 0) is 48.7 Å². The number of aliphatic hydroxyl groups excluding tert-OH is 1. The van der Waals surface area contributed by atoms with Crippen LogP contribution in [-0.4, -0.2) is 70.5 Å². The Balaban J connectivity index is 1.36. The first-order chi connectivity index (χ1) is 22.1. The number of aliphatic hydroxyl groups is 1. The molecule has 2 aromatic carbocycles. The molecule has 46 heavy (non-hydrogen) atoms. The Morgan fingerprint density at radius 1 is 1.09 bits per heavy atom. The van der Waals surface area contributed by atoms with Gasteiger partial charge in [0.25, 0.3) is 5.56 Å². The predicted molar refractivity (Wildman–Crippen MR) is 172 cm³/mol. The van der Waals surface area contributed by atoms with Gasteiger partial charge in [-0.1, -0.05) is 11.6 Å². The molecule has 0 spiro atoms. The van der Waals surface area contributed by atoms with Crippen LogP contribution in [0.2, 0.25) is 5.02 Å². The maximum atomic E-state index is 14.4. The van der Waals surface area contributed by atoms with E-state index in [1.807, 2.05) is 28.5 Å². The molecule has 0 radical (unpaired) electrons. The molecule has 1 N–H and O–H groups in total.